The van der Waals surface area contributed by atoms with Crippen LogP contribution in [-0.4, -0.2) is 35.1 Å². The van der Waals surface area contributed by atoms with Gasteiger partial charge in [0.05, 0.1) is 0 Å². The number of amides is 1. The molecule has 1 fully saturated rings. The van der Waals surface area contributed by atoms with E-state index in [1.807, 2.05) is 34.6 Å². The summed E-state index contributed by atoms with van der Waals surface area (Å²) in [5, 5.41) is 0. The summed E-state index contributed by atoms with van der Waals surface area (Å²) in [4.78, 5) is 26.9. The van der Waals surface area contributed by atoms with Gasteiger partial charge in [0.15, 0.2) is 6.61 Å². The van der Waals surface area contributed by atoms with Crippen LogP contribution in [0.2, 0.25) is 0 Å². The SMILES string of the molecule is Cc1ccc(C(C)C)c(OCC(=O)N2CC3C[C@H](C2)Cn2c3cccc2=O)c1. The predicted molar refractivity (Wildman–Crippen MR) is 109 cm³/mol. The topological polar surface area (TPSA) is 51.5 Å². The zero-order chi connectivity index (χ0) is 19.8. The normalized spacial score (nSPS) is 20.8. The molecular formula is C23H28N2O3. The summed E-state index contributed by atoms with van der Waals surface area (Å²) < 4.78 is 7.85. The van der Waals surface area contributed by atoms with E-state index in [4.69, 9.17) is 4.74 Å². The average Bonchev–Trinajstić information content (AvgIpc) is 2.66. The Kier molecular flexibility index (Phi) is 5.00. The van der Waals surface area contributed by atoms with Gasteiger partial charge < -0.3 is 14.2 Å². The highest BCUT2D eigenvalue weighted by molar-refractivity contribution is 5.78. The van der Waals surface area contributed by atoms with Crippen molar-refractivity contribution in [2.45, 2.75) is 45.6 Å². The Morgan fingerprint density at radius 2 is 2.00 bits per heavy atom. The van der Waals surface area contributed by atoms with Crippen LogP contribution in [0.25, 0.3) is 0 Å². The molecule has 0 N–H and O–H groups in total. The van der Waals surface area contributed by atoms with Crippen molar-refractivity contribution in [1.29, 1.82) is 0 Å². The molecule has 0 radical (unpaired) electrons. The van der Waals surface area contributed by atoms with E-state index >= 15 is 0 Å². The molecule has 1 saturated heterocycles. The molecule has 0 aliphatic carbocycles. The summed E-state index contributed by atoms with van der Waals surface area (Å²) in [6.45, 7) is 8.41. The molecule has 148 valence electrons. The third-order valence-corrected chi connectivity index (χ3v) is 5.97. The molecule has 1 amide bonds. The Balaban J connectivity index is 1.46. The summed E-state index contributed by atoms with van der Waals surface area (Å²) in [6, 6.07) is 11.6. The standard InChI is InChI=1S/C23H28N2O3/c1-15(2)19-8-7-16(3)9-21(19)28-14-23(27)24-11-17-10-18(13-24)20-5-4-6-22(26)25(20)12-17/h4-9,15,17-18H,10-14H2,1-3H3/t17-,18?/m1/s1. The Morgan fingerprint density at radius 1 is 1.18 bits per heavy atom. The second-order valence-corrected chi connectivity index (χ2v) is 8.48. The Morgan fingerprint density at radius 3 is 2.79 bits per heavy atom. The number of aryl methyl sites for hydroxylation is 1. The molecule has 28 heavy (non-hydrogen) atoms. The predicted octanol–water partition coefficient (Wildman–Crippen LogP) is 3.30. The molecule has 1 aromatic heterocycles. The lowest BCUT2D eigenvalue weighted by Gasteiger charge is -2.42. The Hall–Kier alpha value is -2.56. The fourth-order valence-electron chi connectivity index (χ4n) is 4.57. The lowest BCUT2D eigenvalue weighted by Crippen LogP contribution is -2.50. The molecule has 0 saturated carbocycles. The number of nitrogens with zero attached hydrogens (tertiary/aromatic N) is 2. The van der Waals surface area contributed by atoms with E-state index in [2.05, 4.69) is 26.0 Å². The van der Waals surface area contributed by atoms with Gasteiger partial charge in [-0.15, -0.1) is 0 Å². The summed E-state index contributed by atoms with van der Waals surface area (Å²) in [5.41, 5.74) is 3.38. The van der Waals surface area contributed by atoms with Gasteiger partial charge in [0, 0.05) is 37.3 Å². The van der Waals surface area contributed by atoms with E-state index < -0.39 is 0 Å². The van der Waals surface area contributed by atoms with E-state index in [1.165, 1.54) is 0 Å². The first-order valence-electron chi connectivity index (χ1n) is 10.1. The van der Waals surface area contributed by atoms with E-state index in [-0.39, 0.29) is 24.0 Å². The number of hydrogen-bond donors (Lipinski definition) is 0. The number of aromatic nitrogens is 1. The van der Waals surface area contributed by atoms with Crippen molar-refractivity contribution < 1.29 is 9.53 Å². The summed E-state index contributed by atoms with van der Waals surface area (Å²) >= 11 is 0. The van der Waals surface area contributed by atoms with Gasteiger partial charge in [0.25, 0.3) is 11.5 Å². The fourth-order valence-corrected chi connectivity index (χ4v) is 4.57. The molecule has 3 heterocycles. The number of carbonyl (C=O) groups excluding carboxylic acids is 1. The Labute approximate surface area is 165 Å². The van der Waals surface area contributed by atoms with Crippen molar-refractivity contribution in [3.05, 3.63) is 63.6 Å². The molecule has 5 heteroatoms. The second-order valence-electron chi connectivity index (χ2n) is 8.48. The average molecular weight is 380 g/mol. The van der Waals surface area contributed by atoms with Gasteiger partial charge in [-0.2, -0.15) is 0 Å². The molecule has 1 unspecified atom stereocenters. The summed E-state index contributed by atoms with van der Waals surface area (Å²) in [7, 11) is 0. The smallest absolute Gasteiger partial charge is 0.260 e. The number of benzene rings is 1. The molecular weight excluding hydrogens is 352 g/mol. The van der Waals surface area contributed by atoms with Crippen LogP contribution in [0.4, 0.5) is 0 Å². The van der Waals surface area contributed by atoms with Crippen molar-refractivity contribution in [3.63, 3.8) is 0 Å². The van der Waals surface area contributed by atoms with Crippen LogP contribution in [0.3, 0.4) is 0 Å². The highest BCUT2D eigenvalue weighted by Crippen LogP contribution is 2.35. The molecule has 2 aliphatic heterocycles. The van der Waals surface area contributed by atoms with Gasteiger partial charge in [-0.1, -0.05) is 32.0 Å². The van der Waals surface area contributed by atoms with Crippen LogP contribution >= 0.6 is 0 Å². The molecule has 2 atom stereocenters. The lowest BCUT2D eigenvalue weighted by molar-refractivity contribution is -0.136. The van der Waals surface area contributed by atoms with Crippen molar-refractivity contribution >= 4 is 5.91 Å². The van der Waals surface area contributed by atoms with Gasteiger partial charge in [-0.25, -0.2) is 0 Å². The monoisotopic (exact) mass is 380 g/mol. The zero-order valence-corrected chi connectivity index (χ0v) is 16.9. The second kappa shape index (κ2) is 7.46. The minimum absolute atomic E-state index is 0.0256. The van der Waals surface area contributed by atoms with Gasteiger partial charge in [-0.05, 0) is 48.4 Å². The molecule has 5 nitrogen and oxygen atoms in total. The number of fused-ring (bicyclic) bond motifs is 4. The van der Waals surface area contributed by atoms with Crippen LogP contribution in [0.1, 0.15) is 48.9 Å². The van der Waals surface area contributed by atoms with Crippen LogP contribution in [0.5, 0.6) is 5.75 Å². The fraction of sp³-hybridized carbons (Fsp3) is 0.478. The number of ether oxygens (including phenoxy) is 1. The molecule has 4 rings (SSSR count). The van der Waals surface area contributed by atoms with Crippen LogP contribution in [0, 0.1) is 12.8 Å². The first kappa shape index (κ1) is 18.8. The molecule has 1 aromatic carbocycles. The highest BCUT2D eigenvalue weighted by atomic mass is 16.5. The first-order valence-corrected chi connectivity index (χ1v) is 10.1. The van der Waals surface area contributed by atoms with Crippen LogP contribution in [-0.2, 0) is 11.3 Å². The maximum absolute atomic E-state index is 12.9. The Bertz CT molecular complexity index is 947. The summed E-state index contributed by atoms with van der Waals surface area (Å²) in [5.74, 6) is 1.74. The zero-order valence-electron chi connectivity index (χ0n) is 16.9. The van der Waals surface area contributed by atoms with Gasteiger partial charge in [0.2, 0.25) is 0 Å². The highest BCUT2D eigenvalue weighted by Gasteiger charge is 2.36. The number of hydrogen-bond acceptors (Lipinski definition) is 3. The van der Waals surface area contributed by atoms with Gasteiger partial charge in [0.1, 0.15) is 5.75 Å². The van der Waals surface area contributed by atoms with Gasteiger partial charge in [-0.3, -0.25) is 9.59 Å². The largest absolute Gasteiger partial charge is 0.483 e. The minimum atomic E-state index is 0.0256. The van der Waals surface area contributed by atoms with E-state index in [0.29, 0.717) is 31.5 Å². The first-order chi connectivity index (χ1) is 13.4. The molecule has 2 aliphatic rings. The molecule has 2 bridgehead atoms. The number of carbonyl (C=O) groups is 1. The maximum atomic E-state index is 12.9. The number of pyridine rings is 1. The third-order valence-electron chi connectivity index (χ3n) is 5.97. The molecule has 0 spiro atoms. The van der Waals surface area contributed by atoms with Crippen molar-refractivity contribution in [2.75, 3.05) is 19.7 Å². The van der Waals surface area contributed by atoms with Gasteiger partial charge >= 0.3 is 0 Å². The van der Waals surface area contributed by atoms with Crippen LogP contribution < -0.4 is 10.3 Å². The number of likely N-dealkylation sites (tertiary alicyclic amines) is 1. The number of rotatable bonds is 4. The van der Waals surface area contributed by atoms with Crippen molar-refractivity contribution in [2.24, 2.45) is 5.92 Å². The lowest BCUT2D eigenvalue weighted by atomic mass is 9.83. The maximum Gasteiger partial charge on any atom is 0.260 e. The third kappa shape index (κ3) is 3.58. The van der Waals surface area contributed by atoms with Crippen molar-refractivity contribution in [1.82, 2.24) is 9.47 Å². The minimum Gasteiger partial charge on any atom is -0.483 e. The van der Waals surface area contributed by atoms with E-state index in [9.17, 15) is 9.59 Å². The van der Waals surface area contributed by atoms with Crippen molar-refractivity contribution in [3.8, 4) is 5.75 Å². The molecule has 2 aromatic rings. The van der Waals surface area contributed by atoms with E-state index in [0.717, 1.165) is 29.0 Å². The number of piperidine rings is 1. The quantitative estimate of drug-likeness (QED) is 0.818. The van der Waals surface area contributed by atoms with Crippen LogP contribution in [0.15, 0.2) is 41.2 Å². The summed E-state index contributed by atoms with van der Waals surface area (Å²) in [6.07, 6.45) is 1.05. The van der Waals surface area contributed by atoms with E-state index in [1.54, 1.807) is 6.07 Å².